The summed E-state index contributed by atoms with van der Waals surface area (Å²) in [4.78, 5) is 30.4. The molecule has 0 radical (unpaired) electrons. The van der Waals surface area contributed by atoms with Crippen LogP contribution in [0.15, 0.2) is 24.3 Å². The van der Waals surface area contributed by atoms with Gasteiger partial charge >= 0.3 is 5.91 Å². The number of hydrogen-bond acceptors (Lipinski definition) is 5. The van der Waals surface area contributed by atoms with Crippen LogP contribution in [-0.4, -0.2) is 91.0 Å². The molecule has 5 atom stereocenters. The molecule has 0 bridgehead atoms. The van der Waals surface area contributed by atoms with E-state index in [1.54, 1.807) is 23.5 Å². The zero-order valence-electron chi connectivity index (χ0n) is 26.1. The van der Waals surface area contributed by atoms with Gasteiger partial charge in [-0.05, 0) is 76.0 Å². The third kappa shape index (κ3) is 6.40. The second-order valence-corrected chi connectivity index (χ2v) is 16.4. The van der Waals surface area contributed by atoms with E-state index in [-0.39, 0.29) is 51.7 Å². The van der Waals surface area contributed by atoms with Gasteiger partial charge in [0.15, 0.2) is 6.04 Å². The average Bonchev–Trinajstić information content (AvgIpc) is 3.46. The highest BCUT2D eigenvalue weighted by molar-refractivity contribution is 7.88. The molecule has 1 aromatic carbocycles. The minimum atomic E-state index is -3.59. The highest BCUT2D eigenvalue weighted by atomic mass is 32.2. The molecule has 3 fully saturated rings. The van der Waals surface area contributed by atoms with Gasteiger partial charge in [0.1, 0.15) is 12.4 Å². The number of likely N-dealkylation sites (N-methyl/N-ethyl adjacent to an activating group) is 2. The number of amides is 2. The number of quaternary nitrogens is 1. The van der Waals surface area contributed by atoms with Crippen LogP contribution in [0.1, 0.15) is 84.7 Å². The Kier molecular flexibility index (Phi) is 8.85. The Morgan fingerprint density at radius 2 is 1.66 bits per heavy atom. The molecule has 1 aromatic rings. The second kappa shape index (κ2) is 11.3. The highest BCUT2D eigenvalue weighted by Crippen LogP contribution is 2.46. The third-order valence-corrected chi connectivity index (χ3v) is 11.4. The van der Waals surface area contributed by atoms with Gasteiger partial charge in [0.05, 0.1) is 31.3 Å². The van der Waals surface area contributed by atoms with Crippen LogP contribution in [0, 0.1) is 17.2 Å². The molecule has 2 saturated heterocycles. The normalized spacial score (nSPS) is 31.5. The van der Waals surface area contributed by atoms with Gasteiger partial charge in [0.2, 0.25) is 10.0 Å². The summed E-state index contributed by atoms with van der Waals surface area (Å²) < 4.78 is 41.9. The SMILES string of the molecule is CNC(=O)[C@@H]1C[C@@H](N(C2CCC(C)(C)CC2)S(C)(=O)=O)C[N+]1(C)C(=O)[C@H]1CCN(C(C)(C)C)C1c1ccc(F)cc1. The Bertz CT molecular complexity index is 1240. The predicted octanol–water partition coefficient (Wildman–Crippen LogP) is 4.08. The molecular weight excluding hydrogens is 543 g/mol. The summed E-state index contributed by atoms with van der Waals surface area (Å²) in [5.74, 6) is -1.05. The van der Waals surface area contributed by atoms with Crippen LogP contribution in [0.4, 0.5) is 4.39 Å². The lowest BCUT2D eigenvalue weighted by Gasteiger charge is -2.42. The first kappa shape index (κ1) is 32.0. The molecule has 8 nitrogen and oxygen atoms in total. The first-order valence-electron chi connectivity index (χ1n) is 15.0. The van der Waals surface area contributed by atoms with Gasteiger partial charge < -0.3 is 5.32 Å². The molecule has 0 spiro atoms. The van der Waals surface area contributed by atoms with Gasteiger partial charge in [0, 0.05) is 31.6 Å². The van der Waals surface area contributed by atoms with Crippen molar-refractivity contribution in [2.24, 2.45) is 11.3 Å². The number of hydrogen-bond donors (Lipinski definition) is 1. The van der Waals surface area contributed by atoms with Crippen LogP contribution in [0.5, 0.6) is 0 Å². The minimum absolute atomic E-state index is 0.0552. The topological polar surface area (TPSA) is 86.8 Å². The van der Waals surface area contributed by atoms with Gasteiger partial charge in [-0.2, -0.15) is 4.31 Å². The number of nitrogens with one attached hydrogen (secondary N) is 1. The van der Waals surface area contributed by atoms with Gasteiger partial charge in [0.25, 0.3) is 5.91 Å². The summed E-state index contributed by atoms with van der Waals surface area (Å²) in [5, 5.41) is 2.75. The zero-order chi connectivity index (χ0) is 30.5. The summed E-state index contributed by atoms with van der Waals surface area (Å²) in [6.07, 6.45) is 5.59. The van der Waals surface area contributed by atoms with Gasteiger partial charge in [-0.1, -0.05) is 26.0 Å². The molecule has 3 aliphatic rings. The fraction of sp³-hybridized carbons (Fsp3) is 0.742. The van der Waals surface area contributed by atoms with Crippen molar-refractivity contribution in [1.29, 1.82) is 0 Å². The summed E-state index contributed by atoms with van der Waals surface area (Å²) in [5.41, 5.74) is 0.818. The van der Waals surface area contributed by atoms with Crippen molar-refractivity contribution >= 4 is 21.8 Å². The molecule has 1 N–H and O–H groups in total. The van der Waals surface area contributed by atoms with E-state index in [1.807, 2.05) is 7.05 Å². The molecule has 2 heterocycles. The zero-order valence-corrected chi connectivity index (χ0v) is 26.9. The van der Waals surface area contributed by atoms with Gasteiger partial charge in [-0.15, -0.1) is 0 Å². The summed E-state index contributed by atoms with van der Waals surface area (Å²) in [6, 6.07) is 4.82. The van der Waals surface area contributed by atoms with E-state index in [9.17, 15) is 22.4 Å². The quantitative estimate of drug-likeness (QED) is 0.503. The number of benzene rings is 1. The largest absolute Gasteiger partial charge is 0.354 e. The number of sulfonamides is 1. The standard InChI is InChI=1S/C31H49FN4O4S/c1-30(2,3)34-18-15-25(27(34)21-9-11-22(32)12-10-21)29(38)36(7)20-24(19-26(36)28(37)33-6)35(41(8,39)40)23-13-16-31(4,5)17-14-23/h9-12,23-27H,13-20H2,1-8H3/p+1/t24-,25+,26+,27?,36?/m1/s1. The molecule has 4 rings (SSSR count). The van der Waals surface area contributed by atoms with Crippen molar-refractivity contribution in [3.8, 4) is 0 Å². The van der Waals surface area contributed by atoms with Crippen molar-refractivity contribution in [1.82, 2.24) is 14.5 Å². The summed E-state index contributed by atoms with van der Waals surface area (Å²) >= 11 is 0. The number of carbonyl (C=O) groups excluding carboxylic acids is 2. The lowest BCUT2D eigenvalue weighted by atomic mass is 9.75. The van der Waals surface area contributed by atoms with E-state index in [0.29, 0.717) is 19.4 Å². The number of carbonyl (C=O) groups is 2. The van der Waals surface area contributed by atoms with Crippen LogP contribution in [0.3, 0.4) is 0 Å². The maximum atomic E-state index is 14.7. The summed E-state index contributed by atoms with van der Waals surface area (Å²) in [6.45, 7) is 11.7. The van der Waals surface area contributed by atoms with Crippen LogP contribution >= 0.6 is 0 Å². The van der Waals surface area contributed by atoms with Crippen LogP contribution < -0.4 is 5.32 Å². The van der Waals surface area contributed by atoms with Crippen LogP contribution in [-0.2, 0) is 19.6 Å². The van der Waals surface area contributed by atoms with Gasteiger partial charge in [-0.25, -0.2) is 17.6 Å². The van der Waals surface area contributed by atoms with Crippen molar-refractivity contribution < 1.29 is 26.9 Å². The Morgan fingerprint density at radius 1 is 1.07 bits per heavy atom. The number of rotatable bonds is 6. The van der Waals surface area contributed by atoms with E-state index in [2.05, 4.69) is 44.8 Å². The lowest BCUT2D eigenvalue weighted by molar-refractivity contribution is -0.840. The van der Waals surface area contributed by atoms with Crippen molar-refractivity contribution in [2.75, 3.05) is 33.4 Å². The van der Waals surface area contributed by atoms with E-state index in [4.69, 9.17) is 0 Å². The lowest BCUT2D eigenvalue weighted by Crippen LogP contribution is -2.61. The fourth-order valence-corrected chi connectivity index (χ4v) is 9.27. The molecule has 2 amide bonds. The maximum Gasteiger partial charge on any atom is 0.319 e. The molecule has 10 heteroatoms. The average molecular weight is 594 g/mol. The second-order valence-electron chi connectivity index (χ2n) is 14.6. The minimum Gasteiger partial charge on any atom is -0.354 e. The Hall–Kier alpha value is -1.88. The Morgan fingerprint density at radius 3 is 2.17 bits per heavy atom. The molecule has 2 unspecified atom stereocenters. The van der Waals surface area contributed by atoms with E-state index < -0.39 is 28.0 Å². The third-order valence-electron chi connectivity index (χ3n) is 10.0. The predicted molar refractivity (Wildman–Crippen MR) is 159 cm³/mol. The molecule has 1 saturated carbocycles. The van der Waals surface area contributed by atoms with Crippen LogP contribution in [0.2, 0.25) is 0 Å². The monoisotopic (exact) mass is 593 g/mol. The Balaban J connectivity index is 1.71. The molecule has 41 heavy (non-hydrogen) atoms. The van der Waals surface area contributed by atoms with Crippen LogP contribution in [0.25, 0.3) is 0 Å². The van der Waals surface area contributed by atoms with E-state index >= 15 is 0 Å². The number of likely N-dealkylation sites (tertiary alicyclic amines) is 2. The molecule has 0 aromatic heterocycles. The first-order chi connectivity index (χ1) is 18.9. The van der Waals surface area contributed by atoms with E-state index in [0.717, 1.165) is 31.2 Å². The maximum absolute atomic E-state index is 14.7. The Labute approximate surface area is 246 Å². The van der Waals surface area contributed by atoms with E-state index in [1.165, 1.54) is 18.4 Å². The smallest absolute Gasteiger partial charge is 0.319 e. The van der Waals surface area contributed by atoms with Gasteiger partial charge in [-0.3, -0.25) is 14.2 Å². The molecule has 2 aliphatic heterocycles. The molecule has 1 aliphatic carbocycles. The summed E-state index contributed by atoms with van der Waals surface area (Å²) in [7, 11) is -0.202. The van der Waals surface area contributed by atoms with Crippen molar-refractivity contribution in [3.05, 3.63) is 35.6 Å². The number of nitrogens with zero attached hydrogens (tertiary/aromatic N) is 3. The molecule has 230 valence electrons. The van der Waals surface area contributed by atoms with Crippen molar-refractivity contribution in [3.63, 3.8) is 0 Å². The fourth-order valence-electron chi connectivity index (χ4n) is 7.82. The molecular formula is C31H50FN4O4S+. The first-order valence-corrected chi connectivity index (χ1v) is 16.9. The number of halogens is 1. The van der Waals surface area contributed by atoms with Crippen molar-refractivity contribution in [2.45, 2.75) is 103 Å². The highest BCUT2D eigenvalue weighted by Gasteiger charge is 2.60.